The molecule has 0 aromatic heterocycles. The minimum atomic E-state index is 0. The third-order valence-corrected chi connectivity index (χ3v) is 4.79. The number of aliphatic hydroxyl groups excluding tert-OH is 1. The van der Waals surface area contributed by atoms with Crippen LogP contribution in [0.4, 0.5) is 0 Å². The highest BCUT2D eigenvalue weighted by molar-refractivity contribution is 9.11. The van der Waals surface area contributed by atoms with Crippen LogP contribution < -0.4 is 15.4 Å². The van der Waals surface area contributed by atoms with Crippen molar-refractivity contribution in [3.63, 3.8) is 0 Å². The number of nitrogens with one attached hydrogen (secondary N) is 2. The highest BCUT2D eigenvalue weighted by atomic mass is 79.9. The lowest BCUT2D eigenvalue weighted by Gasteiger charge is -2.13. The molecule has 8 heteroatoms. The van der Waals surface area contributed by atoms with Gasteiger partial charge >= 0.3 is 0 Å². The van der Waals surface area contributed by atoms with Gasteiger partial charge < -0.3 is 20.5 Å². The zero-order valence-corrected chi connectivity index (χ0v) is 19.7. The van der Waals surface area contributed by atoms with Crippen molar-refractivity contribution in [2.45, 2.75) is 19.6 Å². The summed E-state index contributed by atoms with van der Waals surface area (Å²) in [6.45, 7) is 4.03. The molecule has 27 heavy (non-hydrogen) atoms. The predicted molar refractivity (Wildman–Crippen MR) is 123 cm³/mol. The first-order valence-corrected chi connectivity index (χ1v) is 9.96. The van der Waals surface area contributed by atoms with E-state index in [0.717, 1.165) is 46.3 Å². The number of benzene rings is 2. The molecule has 2 aromatic carbocycles. The summed E-state index contributed by atoms with van der Waals surface area (Å²) in [5.74, 6) is 0.820. The van der Waals surface area contributed by atoms with Crippen LogP contribution in [-0.4, -0.2) is 31.3 Å². The van der Waals surface area contributed by atoms with Crippen LogP contribution in [0.1, 0.15) is 17.5 Å². The lowest BCUT2D eigenvalue weighted by atomic mass is 10.2. The molecule has 0 saturated heterocycles. The number of rotatable bonds is 11. The molecule has 0 amide bonds. The summed E-state index contributed by atoms with van der Waals surface area (Å²) in [6.07, 6.45) is 1.03. The van der Waals surface area contributed by atoms with Gasteiger partial charge in [-0.3, -0.25) is 0 Å². The van der Waals surface area contributed by atoms with E-state index < -0.39 is 0 Å². The summed E-state index contributed by atoms with van der Waals surface area (Å²) in [6, 6.07) is 14.3. The van der Waals surface area contributed by atoms with Crippen molar-refractivity contribution in [2.24, 2.45) is 0 Å². The standard InChI is InChI=1S/C19H24Br2N2O2.2ClH/c20-17-11-16(13-23-8-4-7-22-9-10-24)12-18(21)19(17)25-14-15-5-2-1-3-6-15;;/h1-3,5-6,11-12,22-24H,4,7-10,13-14H2;2*1H. The van der Waals surface area contributed by atoms with Gasteiger partial charge in [0.1, 0.15) is 12.4 Å². The molecule has 0 spiro atoms. The number of hydrogen-bond donors (Lipinski definition) is 3. The van der Waals surface area contributed by atoms with Gasteiger partial charge in [-0.1, -0.05) is 30.3 Å². The second-order valence-corrected chi connectivity index (χ2v) is 7.38. The predicted octanol–water partition coefficient (Wildman–Crippen LogP) is 4.70. The molecule has 0 atom stereocenters. The molecular weight excluding hydrogens is 519 g/mol. The molecule has 0 radical (unpaired) electrons. The number of ether oxygens (including phenoxy) is 1. The third-order valence-electron chi connectivity index (χ3n) is 3.61. The highest BCUT2D eigenvalue weighted by Crippen LogP contribution is 2.35. The van der Waals surface area contributed by atoms with Gasteiger partial charge in [-0.15, -0.1) is 24.8 Å². The molecule has 0 unspecified atom stereocenters. The normalized spacial score (nSPS) is 10.0. The highest BCUT2D eigenvalue weighted by Gasteiger charge is 2.09. The quantitative estimate of drug-likeness (QED) is 0.359. The van der Waals surface area contributed by atoms with Gasteiger partial charge in [0.2, 0.25) is 0 Å². The van der Waals surface area contributed by atoms with Crippen LogP contribution in [0.5, 0.6) is 5.75 Å². The lowest BCUT2D eigenvalue weighted by molar-refractivity contribution is 0.292. The van der Waals surface area contributed by atoms with Crippen LogP contribution in [-0.2, 0) is 13.2 Å². The molecule has 152 valence electrons. The van der Waals surface area contributed by atoms with Crippen LogP contribution in [0.25, 0.3) is 0 Å². The summed E-state index contributed by atoms with van der Waals surface area (Å²) >= 11 is 7.21. The van der Waals surface area contributed by atoms with Gasteiger partial charge in [-0.05, 0) is 74.6 Å². The molecule has 0 aliphatic carbocycles. The van der Waals surface area contributed by atoms with Crippen LogP contribution in [0.15, 0.2) is 51.4 Å². The largest absolute Gasteiger partial charge is 0.487 e. The van der Waals surface area contributed by atoms with E-state index in [2.05, 4.69) is 66.8 Å². The Morgan fingerprint density at radius 3 is 2.11 bits per heavy atom. The number of aliphatic hydroxyl groups is 1. The van der Waals surface area contributed by atoms with Gasteiger partial charge in [0.15, 0.2) is 0 Å². The average Bonchev–Trinajstić information content (AvgIpc) is 2.61. The molecule has 0 heterocycles. The zero-order valence-electron chi connectivity index (χ0n) is 14.9. The van der Waals surface area contributed by atoms with Crippen molar-refractivity contribution >= 4 is 56.7 Å². The SMILES string of the molecule is Cl.Cl.OCCNCCCNCc1cc(Br)c(OCc2ccccc2)c(Br)c1. The Morgan fingerprint density at radius 2 is 1.48 bits per heavy atom. The van der Waals surface area contributed by atoms with E-state index in [-0.39, 0.29) is 31.4 Å². The molecule has 0 saturated carbocycles. The first-order valence-electron chi connectivity index (χ1n) is 8.37. The van der Waals surface area contributed by atoms with E-state index >= 15 is 0 Å². The molecule has 0 aliphatic heterocycles. The third kappa shape index (κ3) is 10.1. The summed E-state index contributed by atoms with van der Waals surface area (Å²) in [5.41, 5.74) is 2.33. The Kier molecular flexibility index (Phi) is 15.4. The minimum absolute atomic E-state index is 0. The molecule has 3 N–H and O–H groups in total. The summed E-state index contributed by atoms with van der Waals surface area (Å²) < 4.78 is 7.83. The topological polar surface area (TPSA) is 53.5 Å². The van der Waals surface area contributed by atoms with Crippen molar-refractivity contribution in [3.8, 4) is 5.75 Å². The van der Waals surface area contributed by atoms with E-state index in [0.29, 0.717) is 13.2 Å². The molecule has 0 aliphatic rings. The van der Waals surface area contributed by atoms with Crippen LogP contribution in [0.3, 0.4) is 0 Å². The van der Waals surface area contributed by atoms with Crippen molar-refractivity contribution in [2.75, 3.05) is 26.2 Å². The Bertz CT molecular complexity index is 626. The first kappa shape index (κ1) is 26.7. The maximum absolute atomic E-state index is 8.70. The monoisotopic (exact) mass is 542 g/mol. The van der Waals surface area contributed by atoms with Crippen molar-refractivity contribution in [1.29, 1.82) is 0 Å². The van der Waals surface area contributed by atoms with Crippen molar-refractivity contribution in [1.82, 2.24) is 10.6 Å². The molecule has 0 fully saturated rings. The van der Waals surface area contributed by atoms with E-state index in [4.69, 9.17) is 9.84 Å². The van der Waals surface area contributed by atoms with E-state index in [1.807, 2.05) is 18.2 Å². The molecule has 2 rings (SSSR count). The summed E-state index contributed by atoms with van der Waals surface area (Å²) in [4.78, 5) is 0. The van der Waals surface area contributed by atoms with Crippen LogP contribution in [0.2, 0.25) is 0 Å². The molecule has 2 aromatic rings. The summed E-state index contributed by atoms with van der Waals surface area (Å²) in [5, 5.41) is 15.3. The Morgan fingerprint density at radius 1 is 0.852 bits per heavy atom. The average molecular weight is 545 g/mol. The lowest BCUT2D eigenvalue weighted by Crippen LogP contribution is -2.23. The van der Waals surface area contributed by atoms with Gasteiger partial charge in [0.25, 0.3) is 0 Å². The Hall–Kier alpha value is -0.340. The molecule has 0 bridgehead atoms. The fourth-order valence-corrected chi connectivity index (χ4v) is 3.87. The van der Waals surface area contributed by atoms with Crippen molar-refractivity contribution < 1.29 is 9.84 Å². The minimum Gasteiger partial charge on any atom is -0.487 e. The molecule has 4 nitrogen and oxygen atoms in total. The van der Waals surface area contributed by atoms with E-state index in [1.54, 1.807) is 0 Å². The van der Waals surface area contributed by atoms with Gasteiger partial charge in [-0.25, -0.2) is 0 Å². The fraction of sp³-hybridized carbons (Fsp3) is 0.368. The van der Waals surface area contributed by atoms with Gasteiger partial charge in [0, 0.05) is 13.1 Å². The smallest absolute Gasteiger partial charge is 0.148 e. The van der Waals surface area contributed by atoms with E-state index in [9.17, 15) is 0 Å². The van der Waals surface area contributed by atoms with Crippen molar-refractivity contribution in [3.05, 3.63) is 62.5 Å². The van der Waals surface area contributed by atoms with Crippen LogP contribution >= 0.6 is 56.7 Å². The maximum atomic E-state index is 8.70. The molecular formula is C19H26Br2Cl2N2O2. The van der Waals surface area contributed by atoms with Gasteiger partial charge in [0.05, 0.1) is 15.6 Å². The number of halogens is 4. The second-order valence-electron chi connectivity index (χ2n) is 5.67. The number of hydrogen-bond acceptors (Lipinski definition) is 4. The fourth-order valence-electron chi connectivity index (χ4n) is 2.36. The van der Waals surface area contributed by atoms with E-state index in [1.165, 1.54) is 5.56 Å². The maximum Gasteiger partial charge on any atom is 0.148 e. The zero-order chi connectivity index (χ0) is 17.9. The summed E-state index contributed by atoms with van der Waals surface area (Å²) in [7, 11) is 0. The Labute approximate surface area is 190 Å². The Balaban J connectivity index is 0.00000338. The second kappa shape index (κ2) is 15.6. The van der Waals surface area contributed by atoms with Crippen LogP contribution in [0, 0.1) is 0 Å². The van der Waals surface area contributed by atoms with Gasteiger partial charge in [-0.2, -0.15) is 0 Å². The first-order chi connectivity index (χ1) is 12.2.